The van der Waals surface area contributed by atoms with Crippen molar-refractivity contribution >= 4 is 61.1 Å². The number of benzene rings is 2. The summed E-state index contributed by atoms with van der Waals surface area (Å²) in [6.07, 6.45) is 19.5. The zero-order valence-electron chi connectivity index (χ0n) is 28.4. The maximum atomic E-state index is 11.3. The van der Waals surface area contributed by atoms with Crippen molar-refractivity contribution in [3.63, 3.8) is 0 Å². The van der Waals surface area contributed by atoms with Gasteiger partial charge in [-0.15, -0.1) is 0 Å². The second-order valence-electron chi connectivity index (χ2n) is 12.0. The molecule has 0 radical (unpaired) electrons. The normalized spacial score (nSPS) is 11.8. The molecule has 0 heterocycles. The number of carboxylic acid groups (broad SMARTS) is 2. The molecule has 0 fully saturated rings. The van der Waals surface area contributed by atoms with Gasteiger partial charge in [0.2, 0.25) is 0 Å². The van der Waals surface area contributed by atoms with Crippen LogP contribution in [0.25, 0.3) is 0 Å². The van der Waals surface area contributed by atoms with Gasteiger partial charge in [-0.1, -0.05) is 141 Å². The Balaban J connectivity index is 0.000000882. The molecule has 0 N–H and O–H groups in total. The van der Waals surface area contributed by atoms with Gasteiger partial charge in [0.15, 0.2) is 0 Å². The van der Waals surface area contributed by atoms with E-state index in [9.17, 15) is 40.0 Å². The van der Waals surface area contributed by atoms with Gasteiger partial charge in [-0.3, -0.25) is 20.2 Å². The number of non-ortho nitro benzene ring substituents is 2. The molecule has 0 bridgehead atoms. The molecule has 0 saturated heterocycles. The smallest absolute Gasteiger partial charge is 0.549 e. The quantitative estimate of drug-likeness (QED) is 0.0474. The van der Waals surface area contributed by atoms with Crippen LogP contribution in [0.2, 0.25) is 0 Å². The maximum absolute atomic E-state index is 11.3. The van der Waals surface area contributed by atoms with E-state index in [0.29, 0.717) is 24.0 Å². The van der Waals surface area contributed by atoms with Gasteiger partial charge < -0.3 is 19.8 Å². The van der Waals surface area contributed by atoms with E-state index in [4.69, 9.17) is 0 Å². The van der Waals surface area contributed by atoms with E-state index in [1.54, 1.807) is 0 Å². The Morgan fingerprint density at radius 1 is 0.511 bits per heavy atom. The van der Waals surface area contributed by atoms with Crippen LogP contribution >= 0.6 is 0 Å². The Hall–Kier alpha value is -2.56. The van der Waals surface area contributed by atoms with Crippen LogP contribution < -0.4 is 10.2 Å². The van der Waals surface area contributed by atoms with Gasteiger partial charge in [-0.2, -0.15) is 0 Å². The van der Waals surface area contributed by atoms with Gasteiger partial charge in [0.1, 0.15) is 0 Å². The first kappa shape index (κ1) is 44.4. The number of carboxylic acids is 2. The summed E-state index contributed by atoms with van der Waals surface area (Å²) in [5.41, 5.74) is 1.10. The van der Waals surface area contributed by atoms with Gasteiger partial charge >= 0.3 is 37.7 Å². The molecule has 47 heavy (non-hydrogen) atoms. The Morgan fingerprint density at radius 2 is 0.766 bits per heavy atom. The molecule has 0 aliphatic rings. The number of hydrogen-bond donors (Lipinski definition) is 0. The standard InChI is InChI=1S/2C18H27NO4.Ca/c2*1-2-3-4-5-6-7-8-9-10-17(18(20)21)15-11-13-16(14-12-15)19(22)23;/h2*11-14,17H,2-10H2,1H3,(H,20,21);/q;;+2/p-2. The Kier molecular flexibility index (Phi) is 25.9. The van der Waals surface area contributed by atoms with Gasteiger partial charge in [-0.05, 0) is 24.0 Å². The predicted octanol–water partition coefficient (Wildman–Crippen LogP) is 7.54. The van der Waals surface area contributed by atoms with Crippen LogP contribution in [0.5, 0.6) is 0 Å². The minimum atomic E-state index is -1.11. The fourth-order valence-corrected chi connectivity index (χ4v) is 5.46. The van der Waals surface area contributed by atoms with E-state index in [-0.39, 0.29) is 49.1 Å². The van der Waals surface area contributed by atoms with Crippen molar-refractivity contribution in [2.75, 3.05) is 0 Å². The van der Waals surface area contributed by atoms with E-state index in [2.05, 4.69) is 13.8 Å². The number of nitrogens with zero attached hydrogens (tertiary/aromatic N) is 2. The first-order chi connectivity index (χ1) is 22.1. The summed E-state index contributed by atoms with van der Waals surface area (Å²) in [6.45, 7) is 4.39. The van der Waals surface area contributed by atoms with Crippen LogP contribution in [0, 0.1) is 20.2 Å². The van der Waals surface area contributed by atoms with Gasteiger partial charge in [-0.25, -0.2) is 0 Å². The molecule has 2 aromatic carbocycles. The van der Waals surface area contributed by atoms with Crippen molar-refractivity contribution in [3.05, 3.63) is 79.9 Å². The van der Waals surface area contributed by atoms with Gasteiger partial charge in [0.25, 0.3) is 11.4 Å². The van der Waals surface area contributed by atoms with Gasteiger partial charge in [0.05, 0.1) is 9.85 Å². The molecule has 0 amide bonds. The topological polar surface area (TPSA) is 167 Å². The summed E-state index contributed by atoms with van der Waals surface area (Å²) in [7, 11) is 0. The second-order valence-corrected chi connectivity index (χ2v) is 12.0. The number of aliphatic carboxylic acids is 2. The molecule has 0 aliphatic carbocycles. The summed E-state index contributed by atoms with van der Waals surface area (Å²) in [4.78, 5) is 42.9. The number of nitro benzene ring substituents is 2. The number of unbranched alkanes of at least 4 members (excludes halogenated alkanes) is 14. The molecule has 0 aliphatic heterocycles. The Morgan fingerprint density at radius 3 is 1.00 bits per heavy atom. The Labute approximate surface area is 310 Å². The largest absolute Gasteiger partial charge is 2.00 e. The molecular formula is C36H52CaN2O8. The van der Waals surface area contributed by atoms with Crippen molar-refractivity contribution in [1.82, 2.24) is 0 Å². The zero-order valence-corrected chi connectivity index (χ0v) is 30.6. The number of rotatable bonds is 24. The van der Waals surface area contributed by atoms with Crippen molar-refractivity contribution < 1.29 is 29.6 Å². The third-order valence-corrected chi connectivity index (χ3v) is 8.27. The minimum absolute atomic E-state index is 0. The van der Waals surface area contributed by atoms with Gasteiger partial charge in [0, 0.05) is 48.0 Å². The summed E-state index contributed by atoms with van der Waals surface area (Å²) in [5, 5.41) is 43.9. The van der Waals surface area contributed by atoms with E-state index in [1.165, 1.54) is 113 Å². The number of hydrogen-bond acceptors (Lipinski definition) is 8. The summed E-state index contributed by atoms with van der Waals surface area (Å²) < 4.78 is 0. The van der Waals surface area contributed by atoms with E-state index < -0.39 is 33.6 Å². The molecule has 2 rings (SSSR count). The molecule has 2 aromatic rings. The number of carbonyl (C=O) groups excluding carboxylic acids is 2. The monoisotopic (exact) mass is 680 g/mol. The first-order valence-electron chi connectivity index (χ1n) is 17.0. The van der Waals surface area contributed by atoms with Crippen LogP contribution in [0.1, 0.15) is 152 Å². The first-order valence-corrected chi connectivity index (χ1v) is 17.0. The van der Waals surface area contributed by atoms with Crippen LogP contribution in [0.4, 0.5) is 11.4 Å². The fraction of sp³-hybridized carbons (Fsp3) is 0.611. The van der Waals surface area contributed by atoms with Crippen molar-refractivity contribution in [2.24, 2.45) is 0 Å². The van der Waals surface area contributed by atoms with Crippen LogP contribution in [0.15, 0.2) is 48.5 Å². The molecule has 0 aromatic heterocycles. The van der Waals surface area contributed by atoms with E-state index >= 15 is 0 Å². The van der Waals surface area contributed by atoms with E-state index in [0.717, 1.165) is 38.5 Å². The molecule has 0 spiro atoms. The molecule has 2 atom stereocenters. The number of carbonyl (C=O) groups is 2. The SMILES string of the molecule is CCCCCCCCCCC(C(=O)[O-])c1ccc([N+](=O)[O-])cc1.CCCCCCCCCCC(C(=O)[O-])c1ccc([N+](=O)[O-])cc1.[Ca+2]. The van der Waals surface area contributed by atoms with Crippen LogP contribution in [0.3, 0.4) is 0 Å². The minimum Gasteiger partial charge on any atom is -0.549 e. The molecule has 256 valence electrons. The third-order valence-electron chi connectivity index (χ3n) is 8.27. The van der Waals surface area contributed by atoms with Crippen LogP contribution in [-0.2, 0) is 9.59 Å². The summed E-state index contributed by atoms with van der Waals surface area (Å²) >= 11 is 0. The van der Waals surface area contributed by atoms with Crippen molar-refractivity contribution in [3.8, 4) is 0 Å². The summed E-state index contributed by atoms with van der Waals surface area (Å²) in [5.74, 6) is -3.59. The number of nitro groups is 2. The molecular weight excluding hydrogens is 628 g/mol. The average molecular weight is 681 g/mol. The average Bonchev–Trinajstić information content (AvgIpc) is 3.03. The molecule has 10 nitrogen and oxygen atoms in total. The fourth-order valence-electron chi connectivity index (χ4n) is 5.46. The van der Waals surface area contributed by atoms with Crippen LogP contribution in [-0.4, -0.2) is 59.5 Å². The zero-order chi connectivity index (χ0) is 34.2. The van der Waals surface area contributed by atoms with Crippen molar-refractivity contribution in [2.45, 2.75) is 141 Å². The molecule has 2 unspecified atom stereocenters. The molecule has 0 saturated carbocycles. The Bertz CT molecular complexity index is 1070. The third kappa shape index (κ3) is 19.8. The second kappa shape index (κ2) is 27.4. The predicted molar refractivity (Wildman–Crippen MR) is 182 cm³/mol. The van der Waals surface area contributed by atoms with Crippen molar-refractivity contribution in [1.29, 1.82) is 0 Å². The summed E-state index contributed by atoms with van der Waals surface area (Å²) in [6, 6.07) is 11.5. The molecule has 11 heteroatoms. The van der Waals surface area contributed by atoms with E-state index in [1.807, 2.05) is 0 Å². The maximum Gasteiger partial charge on any atom is 2.00 e.